The van der Waals surface area contributed by atoms with Crippen LogP contribution in [0.1, 0.15) is 5.69 Å². The number of hydrogen-bond acceptors (Lipinski definition) is 3. The van der Waals surface area contributed by atoms with Crippen molar-refractivity contribution in [3.8, 4) is 0 Å². The lowest BCUT2D eigenvalue weighted by atomic mass is 10.3. The summed E-state index contributed by atoms with van der Waals surface area (Å²) in [6.45, 7) is 1.99. The average Bonchev–Trinajstić information content (AvgIpc) is 2.05. The number of rotatable bonds is 4. The second-order valence-electron chi connectivity index (χ2n) is 3.40. The first kappa shape index (κ1) is 12.1. The number of aliphatic hydroxyl groups is 1. The van der Waals surface area contributed by atoms with Crippen molar-refractivity contribution in [2.24, 2.45) is 0 Å². The molecular weight excluding hydrogens is 218 g/mol. The van der Waals surface area contributed by atoms with Crippen LogP contribution in [0.25, 0.3) is 0 Å². The monoisotopic (exact) mass is 232 g/mol. The first-order valence-electron chi connectivity index (χ1n) is 4.47. The van der Waals surface area contributed by atoms with Gasteiger partial charge in [-0.25, -0.2) is 0 Å². The van der Waals surface area contributed by atoms with E-state index in [-0.39, 0.29) is 6.54 Å². The molecule has 1 unspecified atom stereocenters. The fraction of sp³-hybridized carbons (Fsp3) is 0.444. The van der Waals surface area contributed by atoms with Crippen LogP contribution in [-0.2, 0) is 16.7 Å². The topological polar surface area (TPSA) is 78.5 Å². The fourth-order valence-electron chi connectivity index (χ4n) is 1.29. The molecule has 2 N–H and O–H groups in total. The molecule has 1 heterocycles. The lowest BCUT2D eigenvalue weighted by Crippen LogP contribution is -2.44. The number of pyridine rings is 1. The number of aliphatic hydroxyl groups excluding tert-OH is 1. The average molecular weight is 232 g/mol. The predicted octanol–water partition coefficient (Wildman–Crippen LogP) is -0.469. The Morgan fingerprint density at radius 2 is 2.13 bits per heavy atom. The van der Waals surface area contributed by atoms with Crippen LogP contribution in [0.2, 0.25) is 0 Å². The summed E-state index contributed by atoms with van der Waals surface area (Å²) >= 11 is 0. The molecule has 0 aliphatic rings. The summed E-state index contributed by atoms with van der Waals surface area (Å²) in [5.74, 6) is -0.645. The summed E-state index contributed by atoms with van der Waals surface area (Å²) in [5, 5.41) is 9.40. The molecule has 0 amide bonds. The van der Waals surface area contributed by atoms with Gasteiger partial charge in [0.05, 0.1) is 0 Å². The number of aromatic nitrogens is 1. The Bertz CT molecular complexity index is 429. The molecule has 1 aromatic heterocycles. The highest BCUT2D eigenvalue weighted by Crippen LogP contribution is 1.93. The molecule has 0 saturated heterocycles. The molecule has 0 radical (unpaired) electrons. The van der Waals surface area contributed by atoms with Gasteiger partial charge in [0.15, 0.2) is 18.4 Å². The van der Waals surface area contributed by atoms with Crippen LogP contribution >= 0.6 is 0 Å². The normalized spacial score (nSPS) is 13.8. The Morgan fingerprint density at radius 1 is 1.47 bits per heavy atom. The van der Waals surface area contributed by atoms with Crippen LogP contribution in [0.15, 0.2) is 24.4 Å². The maximum absolute atomic E-state index is 10.5. The van der Waals surface area contributed by atoms with Gasteiger partial charge in [-0.2, -0.15) is 13.0 Å². The summed E-state index contributed by atoms with van der Waals surface area (Å²) in [6, 6.07) is 5.48. The number of aryl methyl sites for hydroxylation is 1. The maximum atomic E-state index is 10.5. The molecule has 0 fully saturated rings. The predicted molar refractivity (Wildman–Crippen MR) is 53.8 cm³/mol. The Hall–Kier alpha value is -0.980. The van der Waals surface area contributed by atoms with Crippen molar-refractivity contribution in [3.05, 3.63) is 30.1 Å². The summed E-state index contributed by atoms with van der Waals surface area (Å²) in [4.78, 5) is 0. The van der Waals surface area contributed by atoms with Crippen LogP contribution in [0.5, 0.6) is 0 Å². The van der Waals surface area contributed by atoms with Crippen molar-refractivity contribution in [1.29, 1.82) is 0 Å². The molecule has 1 rings (SSSR count). The third kappa shape index (κ3) is 4.37. The highest BCUT2D eigenvalue weighted by molar-refractivity contribution is 7.85. The van der Waals surface area contributed by atoms with Crippen molar-refractivity contribution in [2.75, 3.05) is 5.75 Å². The van der Waals surface area contributed by atoms with E-state index in [0.29, 0.717) is 0 Å². The lowest BCUT2D eigenvalue weighted by Gasteiger charge is -2.06. The van der Waals surface area contributed by atoms with E-state index in [0.717, 1.165) is 5.69 Å². The number of nitrogens with zero attached hydrogens (tertiary/aromatic N) is 1. The Kier molecular flexibility index (Phi) is 3.78. The number of hydrogen-bond donors (Lipinski definition) is 2. The van der Waals surface area contributed by atoms with Gasteiger partial charge in [0.25, 0.3) is 10.1 Å². The SMILES string of the molecule is Cc1cccc[n+]1CC(O)CS(=O)(=O)O. The van der Waals surface area contributed by atoms with Crippen molar-refractivity contribution < 1.29 is 22.6 Å². The molecular formula is C9H14NO4S+. The van der Waals surface area contributed by atoms with Gasteiger partial charge in [-0.3, -0.25) is 4.55 Å². The van der Waals surface area contributed by atoms with Gasteiger partial charge >= 0.3 is 0 Å². The van der Waals surface area contributed by atoms with E-state index in [9.17, 15) is 13.5 Å². The van der Waals surface area contributed by atoms with Gasteiger partial charge in [0, 0.05) is 19.1 Å². The summed E-state index contributed by atoms with van der Waals surface area (Å²) in [5.41, 5.74) is 0.909. The van der Waals surface area contributed by atoms with Gasteiger partial charge in [-0.15, -0.1) is 0 Å². The van der Waals surface area contributed by atoms with Crippen LogP contribution in [0.4, 0.5) is 0 Å². The second-order valence-corrected chi connectivity index (χ2v) is 4.89. The Morgan fingerprint density at radius 3 is 2.67 bits per heavy atom. The van der Waals surface area contributed by atoms with E-state index < -0.39 is 22.0 Å². The molecule has 0 aliphatic heterocycles. The fourth-order valence-corrected chi connectivity index (χ4v) is 1.88. The van der Waals surface area contributed by atoms with Crippen LogP contribution in [-0.4, -0.2) is 29.9 Å². The molecule has 0 spiro atoms. The van der Waals surface area contributed by atoms with E-state index in [1.807, 2.05) is 19.1 Å². The first-order valence-corrected chi connectivity index (χ1v) is 6.08. The molecule has 84 valence electrons. The molecule has 1 aromatic rings. The van der Waals surface area contributed by atoms with E-state index in [1.165, 1.54) is 0 Å². The molecule has 0 aliphatic carbocycles. The van der Waals surface area contributed by atoms with Crippen LogP contribution in [0, 0.1) is 6.92 Å². The van der Waals surface area contributed by atoms with Gasteiger partial charge in [-0.1, -0.05) is 6.07 Å². The molecule has 5 nitrogen and oxygen atoms in total. The van der Waals surface area contributed by atoms with E-state index in [4.69, 9.17) is 4.55 Å². The summed E-state index contributed by atoms with van der Waals surface area (Å²) in [7, 11) is -4.12. The molecule has 1 atom stereocenters. The minimum atomic E-state index is -4.12. The third-order valence-corrected chi connectivity index (χ3v) is 2.78. The van der Waals surface area contributed by atoms with E-state index in [1.54, 1.807) is 16.8 Å². The zero-order valence-corrected chi connectivity index (χ0v) is 9.18. The molecule has 0 saturated carbocycles. The second kappa shape index (κ2) is 4.69. The highest BCUT2D eigenvalue weighted by atomic mass is 32.2. The van der Waals surface area contributed by atoms with Crippen LogP contribution in [0.3, 0.4) is 0 Å². The largest absolute Gasteiger partial charge is 0.385 e. The Balaban J connectivity index is 2.67. The van der Waals surface area contributed by atoms with Gasteiger partial charge < -0.3 is 5.11 Å². The molecule has 6 heteroatoms. The minimum absolute atomic E-state index is 0.145. The van der Waals surface area contributed by atoms with E-state index >= 15 is 0 Å². The summed E-state index contributed by atoms with van der Waals surface area (Å²) < 4.78 is 31.3. The molecule has 15 heavy (non-hydrogen) atoms. The Labute approximate surface area is 88.7 Å². The molecule has 0 aromatic carbocycles. The smallest absolute Gasteiger partial charge is 0.267 e. The van der Waals surface area contributed by atoms with Crippen molar-refractivity contribution >= 4 is 10.1 Å². The quantitative estimate of drug-likeness (QED) is 0.543. The standard InChI is InChI=1S/C9H13NO4S/c1-8-4-2-3-5-10(8)6-9(11)7-15(12,13)14/h2-5,9,11H,6-7H2,1H3/p+1. The van der Waals surface area contributed by atoms with Crippen LogP contribution < -0.4 is 4.57 Å². The summed E-state index contributed by atoms with van der Waals surface area (Å²) in [6.07, 6.45) is 0.633. The maximum Gasteiger partial charge on any atom is 0.267 e. The lowest BCUT2D eigenvalue weighted by molar-refractivity contribution is -0.708. The van der Waals surface area contributed by atoms with Gasteiger partial charge in [0.1, 0.15) is 11.9 Å². The zero-order valence-electron chi connectivity index (χ0n) is 8.37. The van der Waals surface area contributed by atoms with Crippen molar-refractivity contribution in [1.82, 2.24) is 0 Å². The van der Waals surface area contributed by atoms with Crippen molar-refractivity contribution in [2.45, 2.75) is 19.6 Å². The third-order valence-electron chi connectivity index (χ3n) is 1.98. The van der Waals surface area contributed by atoms with Gasteiger partial charge in [-0.05, 0) is 0 Å². The van der Waals surface area contributed by atoms with E-state index in [2.05, 4.69) is 0 Å². The first-order chi connectivity index (χ1) is 6.88. The van der Waals surface area contributed by atoms with Gasteiger partial charge in [0.2, 0.25) is 0 Å². The highest BCUT2D eigenvalue weighted by Gasteiger charge is 2.19. The van der Waals surface area contributed by atoms with Crippen molar-refractivity contribution in [3.63, 3.8) is 0 Å². The minimum Gasteiger partial charge on any atom is -0.385 e. The zero-order chi connectivity index (χ0) is 11.5. The molecule has 0 bridgehead atoms.